The number of aryl methyl sites for hydroxylation is 1. The van der Waals surface area contributed by atoms with Crippen LogP contribution in [0, 0.1) is 0 Å². The third-order valence-corrected chi connectivity index (χ3v) is 2.66. The van der Waals surface area contributed by atoms with Crippen LogP contribution in [-0.2, 0) is 15.9 Å². The number of carboxylic acids is 1. The summed E-state index contributed by atoms with van der Waals surface area (Å²) in [6, 6.07) is 6.98. The molecular weight excluding hydrogens is 220 g/mol. The molecule has 0 bridgehead atoms. The summed E-state index contributed by atoms with van der Waals surface area (Å²) in [6.07, 6.45) is 2.18. The Bertz CT molecular complexity index is 368. The highest BCUT2D eigenvalue weighted by Crippen LogP contribution is 2.10. The standard InChI is InChI=1S/C13H16O4/c14-13(15)11-5-3-10(4-6-11)2-1-7-16-8-12-9-17-12/h3-6,12H,1-2,7-9H2,(H,14,15). The third kappa shape index (κ3) is 4.17. The Morgan fingerprint density at radius 2 is 2.12 bits per heavy atom. The molecule has 4 nitrogen and oxygen atoms in total. The molecule has 1 unspecified atom stereocenters. The van der Waals surface area contributed by atoms with Gasteiger partial charge in [0, 0.05) is 6.61 Å². The quantitative estimate of drug-likeness (QED) is 0.578. The lowest BCUT2D eigenvalue weighted by Crippen LogP contribution is -2.03. The molecule has 1 saturated heterocycles. The van der Waals surface area contributed by atoms with E-state index in [1.807, 2.05) is 12.1 Å². The molecule has 1 atom stereocenters. The lowest BCUT2D eigenvalue weighted by atomic mass is 10.1. The van der Waals surface area contributed by atoms with Crippen LogP contribution < -0.4 is 0 Å². The predicted molar refractivity (Wildman–Crippen MR) is 62.3 cm³/mol. The number of hydrogen-bond donors (Lipinski definition) is 1. The highest BCUT2D eigenvalue weighted by atomic mass is 16.6. The first-order chi connectivity index (χ1) is 8.25. The fraction of sp³-hybridized carbons (Fsp3) is 0.462. The molecule has 1 aromatic rings. The van der Waals surface area contributed by atoms with Crippen molar-refractivity contribution in [3.63, 3.8) is 0 Å². The van der Waals surface area contributed by atoms with Gasteiger partial charge in [0.05, 0.1) is 18.8 Å². The number of hydrogen-bond acceptors (Lipinski definition) is 3. The average Bonchev–Trinajstić information content (AvgIpc) is 3.13. The second kappa shape index (κ2) is 5.80. The summed E-state index contributed by atoms with van der Waals surface area (Å²) in [4.78, 5) is 10.6. The van der Waals surface area contributed by atoms with Crippen molar-refractivity contribution < 1.29 is 19.4 Å². The number of aromatic carboxylic acids is 1. The molecule has 0 radical (unpaired) electrons. The summed E-state index contributed by atoms with van der Waals surface area (Å²) in [6.45, 7) is 2.25. The normalized spacial score (nSPS) is 18.0. The van der Waals surface area contributed by atoms with E-state index in [4.69, 9.17) is 14.6 Å². The van der Waals surface area contributed by atoms with Crippen molar-refractivity contribution >= 4 is 5.97 Å². The second-order valence-electron chi connectivity index (χ2n) is 4.14. The summed E-state index contributed by atoms with van der Waals surface area (Å²) < 4.78 is 10.5. The van der Waals surface area contributed by atoms with Gasteiger partial charge in [-0.15, -0.1) is 0 Å². The molecule has 17 heavy (non-hydrogen) atoms. The number of benzene rings is 1. The summed E-state index contributed by atoms with van der Waals surface area (Å²) >= 11 is 0. The van der Waals surface area contributed by atoms with E-state index in [1.165, 1.54) is 0 Å². The zero-order valence-corrected chi connectivity index (χ0v) is 9.59. The van der Waals surface area contributed by atoms with Gasteiger partial charge in [0.1, 0.15) is 6.10 Å². The van der Waals surface area contributed by atoms with Crippen LogP contribution in [0.25, 0.3) is 0 Å². The highest BCUT2D eigenvalue weighted by Gasteiger charge is 2.21. The molecule has 1 heterocycles. The Morgan fingerprint density at radius 1 is 1.41 bits per heavy atom. The SMILES string of the molecule is O=C(O)c1ccc(CCCOCC2CO2)cc1. The van der Waals surface area contributed by atoms with Crippen LogP contribution in [0.2, 0.25) is 0 Å². The van der Waals surface area contributed by atoms with Crippen molar-refractivity contribution in [3.8, 4) is 0 Å². The lowest BCUT2D eigenvalue weighted by molar-refractivity contribution is 0.0697. The van der Waals surface area contributed by atoms with E-state index >= 15 is 0 Å². The van der Waals surface area contributed by atoms with Crippen molar-refractivity contribution in [1.29, 1.82) is 0 Å². The lowest BCUT2D eigenvalue weighted by Gasteiger charge is -2.03. The van der Waals surface area contributed by atoms with E-state index < -0.39 is 5.97 Å². The average molecular weight is 236 g/mol. The maximum atomic E-state index is 10.6. The van der Waals surface area contributed by atoms with E-state index in [-0.39, 0.29) is 0 Å². The number of carbonyl (C=O) groups is 1. The number of carboxylic acid groups (broad SMARTS) is 1. The van der Waals surface area contributed by atoms with Gasteiger partial charge in [-0.3, -0.25) is 0 Å². The van der Waals surface area contributed by atoms with Gasteiger partial charge in [-0.25, -0.2) is 4.79 Å². The molecule has 4 heteroatoms. The maximum Gasteiger partial charge on any atom is 0.335 e. The number of rotatable bonds is 7. The summed E-state index contributed by atoms with van der Waals surface area (Å²) in [5.74, 6) is -0.885. The van der Waals surface area contributed by atoms with Gasteiger partial charge in [-0.2, -0.15) is 0 Å². The van der Waals surface area contributed by atoms with Gasteiger partial charge in [0.15, 0.2) is 0 Å². The second-order valence-corrected chi connectivity index (χ2v) is 4.14. The van der Waals surface area contributed by atoms with Crippen LogP contribution in [0.3, 0.4) is 0 Å². The van der Waals surface area contributed by atoms with Gasteiger partial charge in [0.2, 0.25) is 0 Å². The van der Waals surface area contributed by atoms with Gasteiger partial charge >= 0.3 is 5.97 Å². The van der Waals surface area contributed by atoms with Crippen LogP contribution >= 0.6 is 0 Å². The summed E-state index contributed by atoms with van der Waals surface area (Å²) in [5, 5.41) is 8.75. The van der Waals surface area contributed by atoms with Crippen molar-refractivity contribution in [3.05, 3.63) is 35.4 Å². The van der Waals surface area contributed by atoms with Crippen LogP contribution in [0.1, 0.15) is 22.3 Å². The summed E-state index contributed by atoms with van der Waals surface area (Å²) in [7, 11) is 0. The minimum atomic E-state index is -0.885. The fourth-order valence-electron chi connectivity index (χ4n) is 1.57. The summed E-state index contributed by atoms with van der Waals surface area (Å²) in [5.41, 5.74) is 1.47. The third-order valence-electron chi connectivity index (χ3n) is 2.66. The Morgan fingerprint density at radius 3 is 2.71 bits per heavy atom. The molecule has 92 valence electrons. The van der Waals surface area contributed by atoms with Crippen LogP contribution in [0.15, 0.2) is 24.3 Å². The molecule has 1 N–H and O–H groups in total. The Hall–Kier alpha value is -1.39. The monoisotopic (exact) mass is 236 g/mol. The molecule has 1 aromatic carbocycles. The van der Waals surface area contributed by atoms with Crippen LogP contribution in [-0.4, -0.2) is 37.0 Å². The molecule has 0 amide bonds. The molecule has 2 rings (SSSR count). The zero-order valence-electron chi connectivity index (χ0n) is 9.59. The molecule has 0 spiro atoms. The van der Waals surface area contributed by atoms with E-state index in [0.29, 0.717) is 18.3 Å². The van der Waals surface area contributed by atoms with E-state index in [0.717, 1.165) is 31.6 Å². The van der Waals surface area contributed by atoms with Gasteiger partial charge in [-0.1, -0.05) is 12.1 Å². The van der Waals surface area contributed by atoms with Crippen LogP contribution in [0.5, 0.6) is 0 Å². The molecule has 1 aliphatic heterocycles. The first kappa shape index (κ1) is 12.1. The van der Waals surface area contributed by atoms with Crippen molar-refractivity contribution in [2.24, 2.45) is 0 Å². The zero-order chi connectivity index (χ0) is 12.1. The molecule has 0 saturated carbocycles. The molecule has 0 aromatic heterocycles. The maximum absolute atomic E-state index is 10.6. The minimum Gasteiger partial charge on any atom is -0.478 e. The van der Waals surface area contributed by atoms with E-state index in [9.17, 15) is 4.79 Å². The molecule has 0 aliphatic carbocycles. The fourth-order valence-corrected chi connectivity index (χ4v) is 1.57. The Balaban J connectivity index is 1.65. The highest BCUT2D eigenvalue weighted by molar-refractivity contribution is 5.87. The predicted octanol–water partition coefficient (Wildman–Crippen LogP) is 1.73. The number of epoxide rings is 1. The Labute approximate surface area is 100 Å². The molecule has 1 fully saturated rings. The molecular formula is C13H16O4. The van der Waals surface area contributed by atoms with E-state index in [2.05, 4.69) is 0 Å². The van der Waals surface area contributed by atoms with Gasteiger partial charge in [-0.05, 0) is 30.5 Å². The first-order valence-electron chi connectivity index (χ1n) is 5.77. The number of ether oxygens (including phenoxy) is 2. The smallest absolute Gasteiger partial charge is 0.335 e. The topological polar surface area (TPSA) is 59.1 Å². The van der Waals surface area contributed by atoms with E-state index in [1.54, 1.807) is 12.1 Å². The Kier molecular flexibility index (Phi) is 4.12. The van der Waals surface area contributed by atoms with Crippen molar-refractivity contribution in [1.82, 2.24) is 0 Å². The van der Waals surface area contributed by atoms with Crippen molar-refractivity contribution in [2.45, 2.75) is 18.9 Å². The van der Waals surface area contributed by atoms with Gasteiger partial charge in [0.25, 0.3) is 0 Å². The van der Waals surface area contributed by atoms with Crippen LogP contribution in [0.4, 0.5) is 0 Å². The minimum absolute atomic E-state index is 0.324. The van der Waals surface area contributed by atoms with Gasteiger partial charge < -0.3 is 14.6 Å². The molecule has 1 aliphatic rings. The first-order valence-corrected chi connectivity index (χ1v) is 5.77. The largest absolute Gasteiger partial charge is 0.478 e. The van der Waals surface area contributed by atoms with Crippen molar-refractivity contribution in [2.75, 3.05) is 19.8 Å².